The highest BCUT2D eigenvalue weighted by Crippen LogP contribution is 2.18. The lowest BCUT2D eigenvalue weighted by molar-refractivity contribution is 0.0693. The van der Waals surface area contributed by atoms with E-state index >= 15 is 0 Å². The third-order valence-corrected chi connectivity index (χ3v) is 2.72. The topological polar surface area (TPSA) is 73.6 Å². The fraction of sp³-hybridized carbons (Fsp3) is 0.417. The van der Waals surface area contributed by atoms with Crippen molar-refractivity contribution in [1.82, 2.24) is 5.32 Å². The molecule has 0 unspecified atom stereocenters. The summed E-state index contributed by atoms with van der Waals surface area (Å²) in [5, 5.41) is 2.74. The summed E-state index contributed by atoms with van der Waals surface area (Å²) < 4.78 is 10.9. The molecule has 5 nitrogen and oxygen atoms in total. The lowest BCUT2D eigenvalue weighted by Crippen LogP contribution is -2.28. The maximum absolute atomic E-state index is 11.8. The SMILES string of the molecule is COCCOCCNC(=O)c1cc(Br)ccc1N. The molecule has 0 aliphatic carbocycles. The Morgan fingerprint density at radius 2 is 2.17 bits per heavy atom. The summed E-state index contributed by atoms with van der Waals surface area (Å²) in [6.07, 6.45) is 0. The molecule has 0 bridgehead atoms. The zero-order valence-electron chi connectivity index (χ0n) is 10.2. The van der Waals surface area contributed by atoms with Gasteiger partial charge in [-0.1, -0.05) is 15.9 Å². The van der Waals surface area contributed by atoms with Gasteiger partial charge in [0, 0.05) is 23.8 Å². The van der Waals surface area contributed by atoms with Crippen LogP contribution in [-0.4, -0.2) is 39.4 Å². The monoisotopic (exact) mass is 316 g/mol. The predicted octanol–water partition coefficient (Wildman–Crippen LogP) is 1.42. The van der Waals surface area contributed by atoms with Gasteiger partial charge in [-0.3, -0.25) is 4.79 Å². The number of anilines is 1. The second-order valence-electron chi connectivity index (χ2n) is 3.59. The number of ether oxygens (including phenoxy) is 2. The quantitative estimate of drug-likeness (QED) is 0.589. The standard InChI is InChI=1S/C12H17BrN2O3/c1-17-6-7-18-5-4-15-12(16)10-8-9(13)2-3-11(10)14/h2-3,8H,4-7,14H2,1H3,(H,15,16). The number of hydrogen-bond acceptors (Lipinski definition) is 4. The van der Waals surface area contributed by atoms with Crippen molar-refractivity contribution in [2.45, 2.75) is 0 Å². The van der Waals surface area contributed by atoms with E-state index in [0.717, 1.165) is 4.47 Å². The van der Waals surface area contributed by atoms with Crippen LogP contribution in [0.15, 0.2) is 22.7 Å². The number of benzene rings is 1. The number of halogens is 1. The van der Waals surface area contributed by atoms with Crippen LogP contribution in [0.1, 0.15) is 10.4 Å². The Hall–Kier alpha value is -1.11. The molecule has 0 aromatic heterocycles. The molecule has 1 aromatic rings. The summed E-state index contributed by atoms with van der Waals surface area (Å²) in [7, 11) is 1.61. The van der Waals surface area contributed by atoms with Crippen molar-refractivity contribution in [3.63, 3.8) is 0 Å². The molecule has 0 heterocycles. The Kier molecular flexibility index (Phi) is 6.70. The zero-order chi connectivity index (χ0) is 13.4. The Balaban J connectivity index is 2.34. The van der Waals surface area contributed by atoms with Crippen LogP contribution >= 0.6 is 15.9 Å². The summed E-state index contributed by atoms with van der Waals surface area (Å²) in [5.41, 5.74) is 6.65. The lowest BCUT2D eigenvalue weighted by Gasteiger charge is -2.08. The van der Waals surface area contributed by atoms with Crippen molar-refractivity contribution in [2.24, 2.45) is 0 Å². The van der Waals surface area contributed by atoms with Gasteiger partial charge in [0.05, 0.1) is 25.4 Å². The third kappa shape index (κ3) is 5.03. The first-order valence-electron chi connectivity index (χ1n) is 5.55. The first kappa shape index (κ1) is 14.9. The van der Waals surface area contributed by atoms with Crippen LogP contribution in [-0.2, 0) is 9.47 Å². The molecule has 1 aromatic carbocycles. The minimum absolute atomic E-state index is 0.204. The molecule has 0 radical (unpaired) electrons. The summed E-state index contributed by atoms with van der Waals surface area (Å²) in [4.78, 5) is 11.8. The Morgan fingerprint density at radius 3 is 2.89 bits per heavy atom. The van der Waals surface area contributed by atoms with Crippen molar-refractivity contribution >= 4 is 27.5 Å². The van der Waals surface area contributed by atoms with Crippen LogP contribution in [0.25, 0.3) is 0 Å². The summed E-state index contributed by atoms with van der Waals surface area (Å²) in [6.45, 7) is 1.95. The summed E-state index contributed by atoms with van der Waals surface area (Å²) >= 11 is 3.30. The summed E-state index contributed by atoms with van der Waals surface area (Å²) in [5.74, 6) is -0.204. The number of amides is 1. The normalized spacial score (nSPS) is 10.3. The first-order valence-corrected chi connectivity index (χ1v) is 6.34. The maximum Gasteiger partial charge on any atom is 0.253 e. The molecule has 0 atom stereocenters. The minimum Gasteiger partial charge on any atom is -0.398 e. The molecule has 0 aliphatic heterocycles. The van der Waals surface area contributed by atoms with Gasteiger partial charge >= 0.3 is 0 Å². The number of nitrogen functional groups attached to an aromatic ring is 1. The second-order valence-corrected chi connectivity index (χ2v) is 4.51. The molecule has 0 aliphatic rings. The molecule has 1 rings (SSSR count). The van der Waals surface area contributed by atoms with Crippen LogP contribution in [0.3, 0.4) is 0 Å². The van der Waals surface area contributed by atoms with E-state index in [1.807, 2.05) is 0 Å². The number of nitrogens with two attached hydrogens (primary N) is 1. The molecule has 0 fully saturated rings. The Morgan fingerprint density at radius 1 is 1.39 bits per heavy atom. The fourth-order valence-electron chi connectivity index (χ4n) is 1.30. The van der Waals surface area contributed by atoms with E-state index in [0.29, 0.717) is 37.6 Å². The maximum atomic E-state index is 11.8. The zero-order valence-corrected chi connectivity index (χ0v) is 11.8. The van der Waals surface area contributed by atoms with Gasteiger partial charge in [-0.05, 0) is 18.2 Å². The van der Waals surface area contributed by atoms with E-state index in [1.54, 1.807) is 25.3 Å². The van der Waals surface area contributed by atoms with E-state index in [9.17, 15) is 4.79 Å². The van der Waals surface area contributed by atoms with Gasteiger partial charge in [0.1, 0.15) is 0 Å². The highest BCUT2D eigenvalue weighted by Gasteiger charge is 2.09. The average molecular weight is 317 g/mol. The van der Waals surface area contributed by atoms with Gasteiger partial charge in [-0.2, -0.15) is 0 Å². The van der Waals surface area contributed by atoms with Gasteiger partial charge in [-0.25, -0.2) is 0 Å². The van der Waals surface area contributed by atoms with Crippen molar-refractivity contribution < 1.29 is 14.3 Å². The fourth-order valence-corrected chi connectivity index (χ4v) is 1.66. The number of carbonyl (C=O) groups is 1. The van der Waals surface area contributed by atoms with Gasteiger partial charge in [0.15, 0.2) is 0 Å². The Labute approximate surface area is 115 Å². The molecule has 0 spiro atoms. The molecule has 0 saturated carbocycles. The number of rotatable bonds is 7. The number of hydrogen-bond donors (Lipinski definition) is 2. The number of nitrogens with one attached hydrogen (secondary N) is 1. The Bertz CT molecular complexity index is 399. The van der Waals surface area contributed by atoms with Gasteiger partial charge in [0.25, 0.3) is 5.91 Å². The van der Waals surface area contributed by atoms with E-state index in [4.69, 9.17) is 15.2 Å². The number of carbonyl (C=O) groups excluding carboxylic acids is 1. The molecule has 3 N–H and O–H groups in total. The van der Waals surface area contributed by atoms with Crippen LogP contribution in [0.2, 0.25) is 0 Å². The molecular weight excluding hydrogens is 300 g/mol. The third-order valence-electron chi connectivity index (χ3n) is 2.22. The highest BCUT2D eigenvalue weighted by atomic mass is 79.9. The van der Waals surface area contributed by atoms with Crippen molar-refractivity contribution in [1.29, 1.82) is 0 Å². The van der Waals surface area contributed by atoms with Crippen LogP contribution in [0.5, 0.6) is 0 Å². The van der Waals surface area contributed by atoms with E-state index in [2.05, 4.69) is 21.2 Å². The van der Waals surface area contributed by atoms with Crippen LogP contribution < -0.4 is 11.1 Å². The van der Waals surface area contributed by atoms with Gasteiger partial charge in [-0.15, -0.1) is 0 Å². The second kappa shape index (κ2) is 8.07. The van der Waals surface area contributed by atoms with E-state index in [1.165, 1.54) is 0 Å². The van der Waals surface area contributed by atoms with Crippen molar-refractivity contribution in [3.05, 3.63) is 28.2 Å². The smallest absolute Gasteiger partial charge is 0.253 e. The van der Waals surface area contributed by atoms with E-state index < -0.39 is 0 Å². The molecular formula is C12H17BrN2O3. The average Bonchev–Trinajstić information content (AvgIpc) is 2.36. The highest BCUT2D eigenvalue weighted by molar-refractivity contribution is 9.10. The van der Waals surface area contributed by atoms with Gasteiger partial charge < -0.3 is 20.5 Å². The largest absolute Gasteiger partial charge is 0.398 e. The molecule has 18 heavy (non-hydrogen) atoms. The predicted molar refractivity (Wildman–Crippen MR) is 73.6 cm³/mol. The van der Waals surface area contributed by atoms with Crippen LogP contribution in [0, 0.1) is 0 Å². The van der Waals surface area contributed by atoms with E-state index in [-0.39, 0.29) is 5.91 Å². The molecule has 100 valence electrons. The summed E-state index contributed by atoms with van der Waals surface area (Å²) in [6, 6.07) is 5.17. The van der Waals surface area contributed by atoms with Crippen molar-refractivity contribution in [2.75, 3.05) is 39.2 Å². The van der Waals surface area contributed by atoms with Crippen molar-refractivity contribution in [3.8, 4) is 0 Å². The molecule has 6 heteroatoms. The lowest BCUT2D eigenvalue weighted by atomic mass is 10.1. The molecule has 1 amide bonds. The number of methoxy groups -OCH3 is 1. The molecule has 0 saturated heterocycles. The van der Waals surface area contributed by atoms with Gasteiger partial charge in [0.2, 0.25) is 0 Å². The first-order chi connectivity index (χ1) is 8.65. The minimum atomic E-state index is -0.204. The van der Waals surface area contributed by atoms with Crippen LogP contribution in [0.4, 0.5) is 5.69 Å².